The van der Waals surface area contributed by atoms with E-state index in [2.05, 4.69) is 0 Å². The zero-order valence-corrected chi connectivity index (χ0v) is 7.91. The van der Waals surface area contributed by atoms with Crippen LogP contribution in [-0.4, -0.2) is 25.2 Å². The molecule has 0 aromatic heterocycles. The molecular formula is C9H14O4. The van der Waals surface area contributed by atoms with Gasteiger partial charge in [0.05, 0.1) is 25.6 Å². The van der Waals surface area contributed by atoms with Crippen LogP contribution in [0.25, 0.3) is 0 Å². The van der Waals surface area contributed by atoms with Gasteiger partial charge in [0.25, 0.3) is 0 Å². The molecule has 0 aliphatic carbocycles. The summed E-state index contributed by atoms with van der Waals surface area (Å²) in [6.07, 6.45) is 0.117. The number of rotatable bonds is 0. The number of hydrogen-bond donors (Lipinski definition) is 0. The minimum absolute atomic E-state index is 0.0817. The molecule has 2 atom stereocenters. The Kier molecular flexibility index (Phi) is 3.28. The largest absolute Gasteiger partial charge is 0.465 e. The number of hydrogen-bond acceptors (Lipinski definition) is 4. The number of ether oxygens (including phenoxy) is 2. The highest BCUT2D eigenvalue weighted by Gasteiger charge is 2.22. The molecule has 1 aliphatic rings. The first-order valence-corrected chi connectivity index (χ1v) is 4.42. The molecule has 1 aliphatic heterocycles. The molecule has 0 N–H and O–H groups in total. The van der Waals surface area contributed by atoms with Gasteiger partial charge < -0.3 is 9.47 Å². The Morgan fingerprint density at radius 3 is 2.46 bits per heavy atom. The number of esters is 2. The molecule has 1 rings (SSSR count). The predicted molar refractivity (Wildman–Crippen MR) is 44.9 cm³/mol. The summed E-state index contributed by atoms with van der Waals surface area (Å²) in [5.74, 6) is -0.945. The Morgan fingerprint density at radius 2 is 1.77 bits per heavy atom. The lowest BCUT2D eigenvalue weighted by molar-refractivity contribution is -0.151. The van der Waals surface area contributed by atoms with Crippen molar-refractivity contribution in [1.82, 2.24) is 0 Å². The van der Waals surface area contributed by atoms with Crippen LogP contribution in [0.1, 0.15) is 20.3 Å². The summed E-state index contributed by atoms with van der Waals surface area (Å²) in [6, 6.07) is 0. The molecule has 74 valence electrons. The fourth-order valence-corrected chi connectivity index (χ4v) is 1.04. The van der Waals surface area contributed by atoms with Crippen molar-refractivity contribution in [2.24, 2.45) is 11.8 Å². The lowest BCUT2D eigenvalue weighted by Gasteiger charge is -2.09. The predicted octanol–water partition coefficient (Wildman–Crippen LogP) is 0.749. The van der Waals surface area contributed by atoms with Crippen molar-refractivity contribution in [3.05, 3.63) is 0 Å². The summed E-state index contributed by atoms with van der Waals surface area (Å²) in [7, 11) is 0. The van der Waals surface area contributed by atoms with Crippen LogP contribution in [0.15, 0.2) is 0 Å². The summed E-state index contributed by atoms with van der Waals surface area (Å²) in [5, 5.41) is 0. The van der Waals surface area contributed by atoms with E-state index in [1.54, 1.807) is 6.92 Å². The average molecular weight is 186 g/mol. The first-order chi connectivity index (χ1) is 6.09. The van der Waals surface area contributed by atoms with Gasteiger partial charge in [-0.05, 0) is 0 Å². The molecule has 0 bridgehead atoms. The van der Waals surface area contributed by atoms with E-state index < -0.39 is 5.92 Å². The van der Waals surface area contributed by atoms with Gasteiger partial charge in [-0.3, -0.25) is 9.59 Å². The van der Waals surface area contributed by atoms with Crippen LogP contribution >= 0.6 is 0 Å². The van der Waals surface area contributed by atoms with Crippen molar-refractivity contribution in [2.75, 3.05) is 13.2 Å². The normalized spacial score (nSPS) is 30.9. The third-order valence-electron chi connectivity index (χ3n) is 1.91. The smallest absolute Gasteiger partial charge is 0.309 e. The van der Waals surface area contributed by atoms with Crippen molar-refractivity contribution in [3.8, 4) is 0 Å². The van der Waals surface area contributed by atoms with Gasteiger partial charge in [-0.2, -0.15) is 0 Å². The second kappa shape index (κ2) is 4.25. The zero-order chi connectivity index (χ0) is 9.84. The molecule has 2 unspecified atom stereocenters. The fraction of sp³-hybridized carbons (Fsp3) is 0.778. The van der Waals surface area contributed by atoms with Crippen LogP contribution in [-0.2, 0) is 19.1 Å². The minimum Gasteiger partial charge on any atom is -0.465 e. The Hall–Kier alpha value is -1.06. The lowest BCUT2D eigenvalue weighted by Crippen LogP contribution is -2.18. The monoisotopic (exact) mass is 186 g/mol. The summed E-state index contributed by atoms with van der Waals surface area (Å²) in [6.45, 7) is 4.20. The Labute approximate surface area is 77.2 Å². The Balaban J connectivity index is 2.59. The molecule has 4 heteroatoms. The molecular weight excluding hydrogens is 172 g/mol. The lowest BCUT2D eigenvalue weighted by atomic mass is 10.1. The van der Waals surface area contributed by atoms with E-state index in [-0.39, 0.29) is 24.3 Å². The van der Waals surface area contributed by atoms with Crippen LogP contribution in [0.3, 0.4) is 0 Å². The highest BCUT2D eigenvalue weighted by molar-refractivity contribution is 5.79. The summed E-state index contributed by atoms with van der Waals surface area (Å²) < 4.78 is 9.89. The second-order valence-corrected chi connectivity index (χ2v) is 3.52. The maximum atomic E-state index is 11.2. The highest BCUT2D eigenvalue weighted by atomic mass is 16.5. The van der Waals surface area contributed by atoms with Gasteiger partial charge in [-0.25, -0.2) is 0 Å². The molecule has 0 saturated carbocycles. The van der Waals surface area contributed by atoms with Gasteiger partial charge in [0, 0.05) is 5.92 Å². The van der Waals surface area contributed by atoms with Crippen LogP contribution in [0.2, 0.25) is 0 Å². The topological polar surface area (TPSA) is 52.6 Å². The summed E-state index contributed by atoms with van der Waals surface area (Å²) >= 11 is 0. The van der Waals surface area contributed by atoms with E-state index in [0.717, 1.165) is 0 Å². The third kappa shape index (κ3) is 3.05. The Bertz CT molecular complexity index is 212. The molecule has 1 fully saturated rings. The molecule has 13 heavy (non-hydrogen) atoms. The van der Waals surface area contributed by atoms with Crippen molar-refractivity contribution < 1.29 is 19.1 Å². The van der Waals surface area contributed by atoms with E-state index in [1.807, 2.05) is 6.92 Å². The maximum Gasteiger partial charge on any atom is 0.309 e. The Morgan fingerprint density at radius 1 is 1.15 bits per heavy atom. The molecule has 1 saturated heterocycles. The minimum atomic E-state index is -0.391. The molecule has 0 aromatic rings. The molecule has 1 heterocycles. The number of carbonyl (C=O) groups is 2. The maximum absolute atomic E-state index is 11.2. The zero-order valence-electron chi connectivity index (χ0n) is 7.91. The van der Waals surface area contributed by atoms with Crippen molar-refractivity contribution in [1.29, 1.82) is 0 Å². The highest BCUT2D eigenvalue weighted by Crippen LogP contribution is 2.11. The van der Waals surface area contributed by atoms with Crippen LogP contribution in [0.5, 0.6) is 0 Å². The molecule has 0 amide bonds. The van der Waals surface area contributed by atoms with Gasteiger partial charge in [0.2, 0.25) is 0 Å². The van der Waals surface area contributed by atoms with E-state index in [4.69, 9.17) is 9.47 Å². The van der Waals surface area contributed by atoms with E-state index in [9.17, 15) is 9.59 Å². The SMILES string of the molecule is CC1COC(=O)CC(C)C(=O)OC1. The fourth-order valence-electron chi connectivity index (χ4n) is 1.04. The molecule has 0 radical (unpaired) electrons. The summed E-state index contributed by atoms with van der Waals surface area (Å²) in [4.78, 5) is 22.2. The van der Waals surface area contributed by atoms with Crippen molar-refractivity contribution in [2.45, 2.75) is 20.3 Å². The number of carbonyl (C=O) groups excluding carboxylic acids is 2. The molecule has 0 spiro atoms. The van der Waals surface area contributed by atoms with Crippen molar-refractivity contribution >= 4 is 11.9 Å². The molecule has 0 aromatic carbocycles. The van der Waals surface area contributed by atoms with Crippen molar-refractivity contribution in [3.63, 3.8) is 0 Å². The van der Waals surface area contributed by atoms with E-state index >= 15 is 0 Å². The van der Waals surface area contributed by atoms with Gasteiger partial charge >= 0.3 is 11.9 Å². The molecule has 4 nitrogen and oxygen atoms in total. The van der Waals surface area contributed by atoms with Gasteiger partial charge in [0.1, 0.15) is 0 Å². The van der Waals surface area contributed by atoms with E-state index in [0.29, 0.717) is 13.2 Å². The van der Waals surface area contributed by atoms with Gasteiger partial charge in [0.15, 0.2) is 0 Å². The third-order valence-corrected chi connectivity index (χ3v) is 1.91. The first kappa shape index (κ1) is 10.0. The van der Waals surface area contributed by atoms with Gasteiger partial charge in [-0.1, -0.05) is 13.8 Å². The van der Waals surface area contributed by atoms with Crippen LogP contribution in [0.4, 0.5) is 0 Å². The van der Waals surface area contributed by atoms with Crippen LogP contribution in [0, 0.1) is 11.8 Å². The first-order valence-electron chi connectivity index (χ1n) is 4.42. The number of cyclic esters (lactones) is 2. The summed E-state index contributed by atoms with van der Waals surface area (Å²) in [5.41, 5.74) is 0. The quantitative estimate of drug-likeness (QED) is 0.524. The second-order valence-electron chi connectivity index (χ2n) is 3.52. The standard InChI is InChI=1S/C9H14O4/c1-6-4-12-8(10)3-7(2)9(11)13-5-6/h6-7H,3-5H2,1-2H3. The van der Waals surface area contributed by atoms with E-state index in [1.165, 1.54) is 0 Å². The van der Waals surface area contributed by atoms with Gasteiger partial charge in [-0.15, -0.1) is 0 Å². The van der Waals surface area contributed by atoms with Crippen LogP contribution < -0.4 is 0 Å². The average Bonchev–Trinajstić information content (AvgIpc) is 2.13.